The van der Waals surface area contributed by atoms with Crippen molar-refractivity contribution in [2.24, 2.45) is 0 Å². The number of fused-ring (bicyclic) bond motifs is 2. The summed E-state index contributed by atoms with van der Waals surface area (Å²) in [6.45, 7) is 7.66. The van der Waals surface area contributed by atoms with Crippen molar-refractivity contribution < 1.29 is 9.53 Å². The molecule has 5 aromatic rings. The molecule has 38 heavy (non-hydrogen) atoms. The highest BCUT2D eigenvalue weighted by Crippen LogP contribution is 2.23. The molecule has 0 aliphatic carbocycles. The van der Waals surface area contributed by atoms with Crippen LogP contribution in [0.5, 0.6) is 0 Å². The maximum Gasteiger partial charge on any atom is 0.407 e. The number of nitrogens with zero attached hydrogens (tertiary/aromatic N) is 6. The third-order valence-electron chi connectivity index (χ3n) is 6.46. The third kappa shape index (κ3) is 5.44. The minimum atomic E-state index is -0.432. The van der Waals surface area contributed by atoms with Crippen LogP contribution >= 0.6 is 0 Å². The van der Waals surface area contributed by atoms with E-state index in [-0.39, 0.29) is 0 Å². The predicted octanol–water partition coefficient (Wildman–Crippen LogP) is 5.02. The highest BCUT2D eigenvalue weighted by molar-refractivity contribution is 5.83. The molecule has 0 bridgehead atoms. The van der Waals surface area contributed by atoms with Crippen LogP contribution in [0.3, 0.4) is 0 Å². The van der Waals surface area contributed by atoms with Gasteiger partial charge in [-0.1, -0.05) is 35.9 Å². The van der Waals surface area contributed by atoms with E-state index in [2.05, 4.69) is 44.7 Å². The zero-order valence-electron chi connectivity index (χ0n) is 21.9. The quantitative estimate of drug-likeness (QED) is 0.266. The van der Waals surface area contributed by atoms with Crippen LogP contribution in [0.15, 0.2) is 55.1 Å². The van der Waals surface area contributed by atoms with Crippen LogP contribution in [-0.2, 0) is 17.8 Å². The molecule has 196 valence electrons. The van der Waals surface area contributed by atoms with Gasteiger partial charge in [0.1, 0.15) is 5.52 Å². The number of carbonyl (C=O) groups excluding carboxylic acids is 1. The summed E-state index contributed by atoms with van der Waals surface area (Å²) in [6, 6.07) is 14.3. The summed E-state index contributed by atoms with van der Waals surface area (Å²) in [5.74, 6) is 0.932. The molecule has 5 rings (SSSR count). The molecular formula is C28H32N8O2. The van der Waals surface area contributed by atoms with Crippen molar-refractivity contribution in [3.05, 3.63) is 66.2 Å². The Balaban J connectivity index is 1.11. The fourth-order valence-electron chi connectivity index (χ4n) is 4.33. The van der Waals surface area contributed by atoms with E-state index >= 15 is 0 Å². The number of amides is 1. The summed E-state index contributed by atoms with van der Waals surface area (Å²) < 4.78 is 9.45. The number of aryl methyl sites for hydroxylation is 2. The van der Waals surface area contributed by atoms with Crippen molar-refractivity contribution in [2.45, 2.75) is 52.7 Å². The highest BCUT2D eigenvalue weighted by atomic mass is 16.5. The zero-order chi connectivity index (χ0) is 26.6. The first kappa shape index (κ1) is 25.2. The van der Waals surface area contributed by atoms with Gasteiger partial charge in [0.2, 0.25) is 0 Å². The van der Waals surface area contributed by atoms with E-state index in [0.717, 1.165) is 28.6 Å². The summed E-state index contributed by atoms with van der Waals surface area (Å²) in [5, 5.41) is 2.83. The number of aromatic nitrogens is 6. The lowest BCUT2D eigenvalue weighted by molar-refractivity contribution is 0.143. The SMILES string of the molecule is Cc1ccc(-c2nc(N)c3ncn(CCCCOC(=O)NCc4ccc5ncn(C(C)C)c5c4)c3n2)cc1. The summed E-state index contributed by atoms with van der Waals surface area (Å²) in [4.78, 5) is 30.2. The van der Waals surface area contributed by atoms with Crippen LogP contribution in [-0.4, -0.2) is 41.8 Å². The van der Waals surface area contributed by atoms with Crippen molar-refractivity contribution >= 4 is 34.1 Å². The first-order valence-corrected chi connectivity index (χ1v) is 12.8. The molecule has 0 unspecified atom stereocenters. The molecule has 3 aromatic heterocycles. The summed E-state index contributed by atoms with van der Waals surface area (Å²) in [7, 11) is 0. The molecule has 0 saturated carbocycles. The van der Waals surface area contributed by atoms with Crippen molar-refractivity contribution in [3.63, 3.8) is 0 Å². The van der Waals surface area contributed by atoms with Gasteiger partial charge in [-0.2, -0.15) is 0 Å². The minimum Gasteiger partial charge on any atom is -0.450 e. The van der Waals surface area contributed by atoms with E-state index in [1.54, 1.807) is 6.33 Å². The van der Waals surface area contributed by atoms with Gasteiger partial charge in [-0.05, 0) is 51.3 Å². The van der Waals surface area contributed by atoms with E-state index < -0.39 is 6.09 Å². The first-order valence-electron chi connectivity index (χ1n) is 12.8. The van der Waals surface area contributed by atoms with Crippen molar-refractivity contribution in [1.82, 2.24) is 34.4 Å². The second kappa shape index (κ2) is 10.9. The van der Waals surface area contributed by atoms with Crippen molar-refractivity contribution in [2.75, 3.05) is 12.3 Å². The van der Waals surface area contributed by atoms with E-state index in [4.69, 9.17) is 15.5 Å². The highest BCUT2D eigenvalue weighted by Gasteiger charge is 2.13. The molecule has 3 N–H and O–H groups in total. The maximum absolute atomic E-state index is 12.2. The van der Waals surface area contributed by atoms with E-state index in [0.29, 0.717) is 55.0 Å². The van der Waals surface area contributed by atoms with Crippen LogP contribution in [0.1, 0.15) is 43.9 Å². The standard InChI is InChI=1S/C28H32N8O2/c1-18(2)36-17-31-22-11-8-20(14-23(22)36)15-30-28(37)38-13-5-4-12-35-16-32-24-25(29)33-26(34-27(24)35)21-9-6-19(3)7-10-21/h6-11,14,16-18H,4-5,12-13,15H2,1-3H3,(H,30,37)(H2,29,33,34). The zero-order valence-corrected chi connectivity index (χ0v) is 21.9. The largest absolute Gasteiger partial charge is 0.450 e. The summed E-state index contributed by atoms with van der Waals surface area (Å²) >= 11 is 0. The van der Waals surface area contributed by atoms with Gasteiger partial charge < -0.3 is 24.9 Å². The topological polar surface area (TPSA) is 126 Å². The Labute approximate surface area is 220 Å². The molecule has 0 aliphatic rings. The molecule has 0 radical (unpaired) electrons. The molecule has 0 saturated heterocycles. The first-order chi connectivity index (χ1) is 18.4. The molecular weight excluding hydrogens is 480 g/mol. The number of unbranched alkanes of at least 4 members (excludes halogenated alkanes) is 1. The predicted molar refractivity (Wildman–Crippen MR) is 147 cm³/mol. The molecule has 0 fully saturated rings. The number of carbonyl (C=O) groups is 1. The number of nitrogens with two attached hydrogens (primary N) is 1. The van der Waals surface area contributed by atoms with Crippen molar-refractivity contribution in [3.8, 4) is 11.4 Å². The molecule has 10 heteroatoms. The van der Waals surface area contributed by atoms with Gasteiger partial charge in [0.05, 0.1) is 30.3 Å². The van der Waals surface area contributed by atoms with Crippen LogP contribution < -0.4 is 11.1 Å². The molecule has 0 aliphatic heterocycles. The molecule has 3 heterocycles. The number of rotatable bonds is 9. The Morgan fingerprint density at radius 1 is 1.05 bits per heavy atom. The maximum atomic E-state index is 12.2. The Hall–Kier alpha value is -4.47. The second-order valence-electron chi connectivity index (χ2n) is 9.67. The number of benzene rings is 2. The van der Waals surface area contributed by atoms with Gasteiger partial charge in [-0.3, -0.25) is 0 Å². The lowest BCUT2D eigenvalue weighted by atomic mass is 10.1. The monoisotopic (exact) mass is 512 g/mol. The molecule has 0 spiro atoms. The van der Waals surface area contributed by atoms with Crippen LogP contribution in [0.2, 0.25) is 0 Å². The average Bonchev–Trinajstić information content (AvgIpc) is 3.52. The average molecular weight is 513 g/mol. The van der Waals surface area contributed by atoms with Gasteiger partial charge in [0.15, 0.2) is 17.3 Å². The number of hydrogen-bond donors (Lipinski definition) is 2. The van der Waals surface area contributed by atoms with Crippen molar-refractivity contribution in [1.29, 1.82) is 0 Å². The smallest absolute Gasteiger partial charge is 0.407 e. The molecule has 0 atom stereocenters. The molecule has 2 aromatic carbocycles. The fraction of sp³-hybridized carbons (Fsp3) is 0.321. The fourth-order valence-corrected chi connectivity index (χ4v) is 4.33. The third-order valence-corrected chi connectivity index (χ3v) is 6.46. The van der Waals surface area contributed by atoms with Crippen LogP contribution in [0.4, 0.5) is 10.6 Å². The number of alkyl carbamates (subject to hydrolysis) is 1. The molecule has 1 amide bonds. The number of nitrogen functional groups attached to an aromatic ring is 1. The van der Waals surface area contributed by atoms with Gasteiger partial charge in [0, 0.05) is 24.7 Å². The van der Waals surface area contributed by atoms with E-state index in [9.17, 15) is 4.79 Å². The van der Waals surface area contributed by atoms with Gasteiger partial charge in [-0.25, -0.2) is 24.7 Å². The van der Waals surface area contributed by atoms with E-state index in [1.165, 1.54) is 5.56 Å². The Bertz CT molecular complexity index is 1570. The minimum absolute atomic E-state index is 0.313. The Kier molecular flexibility index (Phi) is 7.21. The van der Waals surface area contributed by atoms with Gasteiger partial charge in [0.25, 0.3) is 0 Å². The Morgan fingerprint density at radius 2 is 1.87 bits per heavy atom. The second-order valence-corrected chi connectivity index (χ2v) is 9.67. The molecule has 10 nitrogen and oxygen atoms in total. The number of ether oxygens (including phenoxy) is 1. The lowest BCUT2D eigenvalue weighted by Crippen LogP contribution is -2.24. The number of imidazole rings is 2. The summed E-state index contributed by atoms with van der Waals surface area (Å²) in [5.41, 5.74) is 12.5. The lowest BCUT2D eigenvalue weighted by Gasteiger charge is -2.10. The van der Waals surface area contributed by atoms with E-state index in [1.807, 2.05) is 54.2 Å². The normalized spacial score (nSPS) is 11.5. The number of hydrogen-bond acceptors (Lipinski definition) is 7. The van der Waals surface area contributed by atoms with Gasteiger partial charge >= 0.3 is 6.09 Å². The van der Waals surface area contributed by atoms with Crippen LogP contribution in [0, 0.1) is 6.92 Å². The Morgan fingerprint density at radius 3 is 2.66 bits per heavy atom. The summed E-state index contributed by atoms with van der Waals surface area (Å²) in [6.07, 6.45) is 4.64. The number of nitrogens with one attached hydrogen (secondary N) is 1. The van der Waals surface area contributed by atoms with Crippen LogP contribution in [0.25, 0.3) is 33.6 Å². The van der Waals surface area contributed by atoms with Gasteiger partial charge in [-0.15, -0.1) is 0 Å². The number of anilines is 1.